The molecule has 3 rings (SSSR count). The number of rotatable bonds is 3. The molecule has 2 aromatic rings. The van der Waals surface area contributed by atoms with Gasteiger partial charge in [0.05, 0.1) is 12.4 Å². The second kappa shape index (κ2) is 7.70. The van der Waals surface area contributed by atoms with Crippen LogP contribution >= 0.6 is 11.6 Å². The van der Waals surface area contributed by atoms with Gasteiger partial charge in [-0.1, -0.05) is 17.7 Å². The van der Waals surface area contributed by atoms with Crippen molar-refractivity contribution in [2.24, 2.45) is 0 Å². The topological polar surface area (TPSA) is 78.4 Å². The Morgan fingerprint density at radius 1 is 1.08 bits per heavy atom. The van der Waals surface area contributed by atoms with Gasteiger partial charge in [0, 0.05) is 43.8 Å². The maximum absolute atomic E-state index is 12.5. The smallest absolute Gasteiger partial charge is 0.274 e. The fourth-order valence-electron chi connectivity index (χ4n) is 2.76. The maximum atomic E-state index is 12.5. The zero-order valence-electron chi connectivity index (χ0n) is 14.7. The summed E-state index contributed by atoms with van der Waals surface area (Å²) in [5.74, 6) is 0.392. The molecule has 0 atom stereocenters. The quantitative estimate of drug-likeness (QED) is 0.894. The molecule has 8 heteroatoms. The van der Waals surface area contributed by atoms with Gasteiger partial charge >= 0.3 is 0 Å². The minimum absolute atomic E-state index is 0.0311. The Kier molecular flexibility index (Phi) is 5.37. The summed E-state index contributed by atoms with van der Waals surface area (Å²) in [7, 11) is 0. The summed E-state index contributed by atoms with van der Waals surface area (Å²) in [6.45, 7) is 5.59. The van der Waals surface area contributed by atoms with Gasteiger partial charge in [-0.15, -0.1) is 0 Å². The van der Waals surface area contributed by atoms with E-state index in [1.807, 2.05) is 25.1 Å². The van der Waals surface area contributed by atoms with Crippen LogP contribution in [0.4, 0.5) is 11.5 Å². The third-order valence-corrected chi connectivity index (χ3v) is 4.58. The number of anilines is 2. The fraction of sp³-hybridized carbons (Fsp3) is 0.333. The van der Waals surface area contributed by atoms with E-state index in [9.17, 15) is 9.59 Å². The second-order valence-corrected chi connectivity index (χ2v) is 6.61. The van der Waals surface area contributed by atoms with Crippen molar-refractivity contribution in [2.75, 3.05) is 31.5 Å². The number of benzene rings is 1. The highest BCUT2D eigenvalue weighted by Crippen LogP contribution is 2.23. The van der Waals surface area contributed by atoms with Crippen molar-refractivity contribution in [1.82, 2.24) is 19.8 Å². The Hall–Kier alpha value is -2.67. The maximum Gasteiger partial charge on any atom is 0.274 e. The van der Waals surface area contributed by atoms with E-state index in [4.69, 9.17) is 11.6 Å². The number of hydrogen-bond donors (Lipinski definition) is 1. The molecule has 0 saturated carbocycles. The molecule has 0 spiro atoms. The van der Waals surface area contributed by atoms with Crippen LogP contribution in [0.3, 0.4) is 0 Å². The standard InChI is InChI=1S/C18H20ClN5O2/c1-12-3-4-14(19)9-15(12)22-17-11-20-16(10-21-17)18(26)24-7-5-23(6-8-24)13(2)25/h3-4,9-11H,5-8H2,1-2H3,(H,21,22). The van der Waals surface area contributed by atoms with Crippen LogP contribution in [0.25, 0.3) is 0 Å². The van der Waals surface area contributed by atoms with Gasteiger partial charge in [-0.25, -0.2) is 9.97 Å². The van der Waals surface area contributed by atoms with Crippen molar-refractivity contribution < 1.29 is 9.59 Å². The van der Waals surface area contributed by atoms with Gasteiger partial charge in [0.25, 0.3) is 5.91 Å². The van der Waals surface area contributed by atoms with Crippen molar-refractivity contribution >= 4 is 34.9 Å². The van der Waals surface area contributed by atoms with Gasteiger partial charge in [0.15, 0.2) is 0 Å². The predicted molar refractivity (Wildman–Crippen MR) is 99.7 cm³/mol. The van der Waals surface area contributed by atoms with E-state index in [-0.39, 0.29) is 17.5 Å². The molecule has 7 nitrogen and oxygen atoms in total. The first kappa shape index (κ1) is 18.1. The van der Waals surface area contributed by atoms with Gasteiger partial charge in [0.1, 0.15) is 11.5 Å². The number of carbonyl (C=O) groups is 2. The normalized spacial score (nSPS) is 14.3. The van der Waals surface area contributed by atoms with Crippen molar-refractivity contribution in [3.8, 4) is 0 Å². The van der Waals surface area contributed by atoms with Gasteiger partial charge < -0.3 is 15.1 Å². The van der Waals surface area contributed by atoms with Crippen molar-refractivity contribution in [3.63, 3.8) is 0 Å². The predicted octanol–water partition coefficient (Wildman–Crippen LogP) is 2.49. The van der Waals surface area contributed by atoms with E-state index in [0.29, 0.717) is 37.0 Å². The molecule has 1 aromatic heterocycles. The molecule has 26 heavy (non-hydrogen) atoms. The van der Waals surface area contributed by atoms with E-state index < -0.39 is 0 Å². The molecule has 1 aliphatic heterocycles. The molecule has 1 aromatic carbocycles. The molecular formula is C18H20ClN5O2. The highest BCUT2D eigenvalue weighted by molar-refractivity contribution is 6.30. The van der Waals surface area contributed by atoms with Crippen molar-refractivity contribution in [2.45, 2.75) is 13.8 Å². The first-order valence-corrected chi connectivity index (χ1v) is 8.72. The number of aryl methyl sites for hydroxylation is 1. The Morgan fingerprint density at radius 3 is 2.38 bits per heavy atom. The molecule has 1 N–H and O–H groups in total. The molecule has 0 radical (unpaired) electrons. The van der Waals surface area contributed by atoms with Crippen LogP contribution in [0.2, 0.25) is 5.02 Å². The fourth-order valence-corrected chi connectivity index (χ4v) is 2.93. The summed E-state index contributed by atoms with van der Waals surface area (Å²) in [5.41, 5.74) is 2.15. The molecule has 2 amide bonds. The molecule has 1 aliphatic rings. The summed E-state index contributed by atoms with van der Waals surface area (Å²) in [4.78, 5) is 35.8. The monoisotopic (exact) mass is 373 g/mol. The lowest BCUT2D eigenvalue weighted by Crippen LogP contribution is -2.50. The number of hydrogen-bond acceptors (Lipinski definition) is 5. The van der Waals surface area contributed by atoms with Crippen molar-refractivity contribution in [1.29, 1.82) is 0 Å². The van der Waals surface area contributed by atoms with E-state index in [1.165, 1.54) is 19.3 Å². The SMILES string of the molecule is CC(=O)N1CCN(C(=O)c2cnc(Nc3cc(Cl)ccc3C)cn2)CC1. The highest BCUT2D eigenvalue weighted by Gasteiger charge is 2.24. The van der Waals surface area contributed by atoms with Crippen LogP contribution in [0.15, 0.2) is 30.6 Å². The first-order chi connectivity index (χ1) is 12.4. The zero-order valence-corrected chi connectivity index (χ0v) is 15.5. The minimum Gasteiger partial charge on any atom is -0.339 e. The zero-order chi connectivity index (χ0) is 18.7. The van der Waals surface area contributed by atoms with Crippen LogP contribution in [0, 0.1) is 6.92 Å². The number of piperazine rings is 1. The number of carbonyl (C=O) groups excluding carboxylic acids is 2. The molecule has 1 fully saturated rings. The van der Waals surface area contributed by atoms with Crippen LogP contribution in [-0.2, 0) is 4.79 Å². The third kappa shape index (κ3) is 4.11. The van der Waals surface area contributed by atoms with Crippen LogP contribution in [-0.4, -0.2) is 57.8 Å². The molecule has 2 heterocycles. The lowest BCUT2D eigenvalue weighted by atomic mass is 10.2. The van der Waals surface area contributed by atoms with Crippen LogP contribution in [0.1, 0.15) is 23.0 Å². The second-order valence-electron chi connectivity index (χ2n) is 6.17. The molecule has 1 saturated heterocycles. The lowest BCUT2D eigenvalue weighted by molar-refractivity contribution is -0.130. The molecular weight excluding hydrogens is 354 g/mol. The number of nitrogens with one attached hydrogen (secondary N) is 1. The van der Waals surface area contributed by atoms with Gasteiger partial charge in [-0.3, -0.25) is 9.59 Å². The third-order valence-electron chi connectivity index (χ3n) is 4.35. The number of halogens is 1. The molecule has 0 bridgehead atoms. The van der Waals surface area contributed by atoms with E-state index in [2.05, 4.69) is 15.3 Å². The number of aromatic nitrogens is 2. The Balaban J connectivity index is 1.65. The van der Waals surface area contributed by atoms with Crippen LogP contribution in [0.5, 0.6) is 0 Å². The minimum atomic E-state index is -0.175. The molecule has 0 aliphatic carbocycles. The van der Waals surface area contributed by atoms with Gasteiger partial charge in [-0.05, 0) is 24.6 Å². The number of amides is 2. The summed E-state index contributed by atoms with van der Waals surface area (Å²) >= 11 is 6.01. The Morgan fingerprint density at radius 2 is 1.77 bits per heavy atom. The van der Waals surface area contributed by atoms with Gasteiger partial charge in [0.2, 0.25) is 5.91 Å². The molecule has 136 valence electrons. The summed E-state index contributed by atoms with van der Waals surface area (Å²) in [5, 5.41) is 3.78. The van der Waals surface area contributed by atoms with E-state index in [1.54, 1.807) is 9.80 Å². The molecule has 0 unspecified atom stereocenters. The Bertz CT molecular complexity index is 817. The van der Waals surface area contributed by atoms with Gasteiger partial charge in [-0.2, -0.15) is 0 Å². The number of nitrogens with zero attached hydrogens (tertiary/aromatic N) is 4. The Labute approximate surface area is 157 Å². The summed E-state index contributed by atoms with van der Waals surface area (Å²) in [6.07, 6.45) is 2.99. The highest BCUT2D eigenvalue weighted by atomic mass is 35.5. The largest absolute Gasteiger partial charge is 0.339 e. The average molecular weight is 374 g/mol. The lowest BCUT2D eigenvalue weighted by Gasteiger charge is -2.33. The average Bonchev–Trinajstić information content (AvgIpc) is 2.65. The summed E-state index contributed by atoms with van der Waals surface area (Å²) < 4.78 is 0. The first-order valence-electron chi connectivity index (χ1n) is 8.34. The van der Waals surface area contributed by atoms with Crippen molar-refractivity contribution in [3.05, 3.63) is 46.9 Å². The van der Waals surface area contributed by atoms with Crippen LogP contribution < -0.4 is 5.32 Å². The van der Waals surface area contributed by atoms with E-state index >= 15 is 0 Å². The van der Waals surface area contributed by atoms with E-state index in [0.717, 1.165) is 11.3 Å². The summed E-state index contributed by atoms with van der Waals surface area (Å²) in [6, 6.07) is 5.55.